The molecule has 0 radical (unpaired) electrons. The van der Waals surface area contributed by atoms with Crippen LogP contribution in [0.4, 0.5) is 0 Å². The lowest BCUT2D eigenvalue weighted by Gasteiger charge is -2.34. The second kappa shape index (κ2) is 8.80. The summed E-state index contributed by atoms with van der Waals surface area (Å²) in [7, 11) is -3.35. The molecule has 1 atom stereocenters. The van der Waals surface area contributed by atoms with Gasteiger partial charge >= 0.3 is 0 Å². The normalized spacial score (nSPS) is 18.2. The highest BCUT2D eigenvalue weighted by atomic mass is 35.5. The van der Waals surface area contributed by atoms with Gasteiger partial charge in [0.15, 0.2) is 0 Å². The second-order valence-electron chi connectivity index (χ2n) is 5.88. The number of benzene rings is 1. The highest BCUT2D eigenvalue weighted by Gasteiger charge is 2.26. The zero-order chi connectivity index (χ0) is 17.6. The van der Waals surface area contributed by atoms with Crippen LogP contribution in [-0.2, 0) is 21.4 Å². The Morgan fingerprint density at radius 3 is 2.42 bits per heavy atom. The van der Waals surface area contributed by atoms with E-state index in [1.165, 1.54) is 9.87 Å². The summed E-state index contributed by atoms with van der Waals surface area (Å²) in [6.45, 7) is 4.85. The Morgan fingerprint density at radius 2 is 1.83 bits per heavy atom. The van der Waals surface area contributed by atoms with Crippen molar-refractivity contribution < 1.29 is 13.2 Å². The third kappa shape index (κ3) is 5.73. The van der Waals surface area contributed by atoms with Crippen LogP contribution in [0, 0.1) is 0 Å². The van der Waals surface area contributed by atoms with E-state index in [0.717, 1.165) is 6.54 Å². The predicted molar refractivity (Wildman–Crippen MR) is 95.4 cm³/mol. The molecule has 0 aliphatic carbocycles. The van der Waals surface area contributed by atoms with E-state index in [1.54, 1.807) is 6.92 Å². The average Bonchev–Trinajstić information content (AvgIpc) is 2.56. The van der Waals surface area contributed by atoms with Crippen LogP contribution in [0.5, 0.6) is 0 Å². The molecule has 1 aromatic carbocycles. The fourth-order valence-electron chi connectivity index (χ4n) is 2.58. The van der Waals surface area contributed by atoms with Crippen LogP contribution in [0.3, 0.4) is 0 Å². The maximum Gasteiger partial charge on any atom is 0.237 e. The van der Waals surface area contributed by atoms with Crippen molar-refractivity contribution in [1.82, 2.24) is 14.5 Å². The third-order valence-electron chi connectivity index (χ3n) is 3.99. The van der Waals surface area contributed by atoms with Crippen LogP contribution in [0.2, 0.25) is 0 Å². The van der Waals surface area contributed by atoms with Crippen LogP contribution in [0.15, 0.2) is 30.3 Å². The zero-order valence-corrected chi connectivity index (χ0v) is 15.4. The summed E-state index contributed by atoms with van der Waals surface area (Å²) in [5.74, 6) is -0.444. The van der Waals surface area contributed by atoms with Gasteiger partial charge in [0, 0.05) is 39.3 Å². The van der Waals surface area contributed by atoms with Crippen molar-refractivity contribution in [3.63, 3.8) is 0 Å². The number of carbonyl (C=O) groups excluding carboxylic acids is 1. The Kier molecular flexibility index (Phi) is 7.03. The van der Waals surface area contributed by atoms with Crippen LogP contribution in [-0.4, -0.2) is 67.4 Å². The Morgan fingerprint density at radius 1 is 1.21 bits per heavy atom. The summed E-state index contributed by atoms with van der Waals surface area (Å²) in [5, 5.41) is 1.87. The molecule has 1 saturated heterocycles. The first-order chi connectivity index (χ1) is 11.4. The number of hydrogen-bond acceptors (Lipinski definition) is 4. The Balaban J connectivity index is 1.77. The van der Waals surface area contributed by atoms with E-state index in [4.69, 9.17) is 11.6 Å². The number of halogens is 1. The lowest BCUT2D eigenvalue weighted by molar-refractivity contribution is -0.120. The minimum absolute atomic E-state index is 0.0858. The molecule has 1 N–H and O–H groups in total. The molecular weight excluding hydrogens is 350 g/mol. The third-order valence-corrected chi connectivity index (χ3v) is 6.06. The Labute approximate surface area is 148 Å². The van der Waals surface area contributed by atoms with Crippen LogP contribution < -0.4 is 5.32 Å². The van der Waals surface area contributed by atoms with Gasteiger partial charge in [-0.25, -0.2) is 8.42 Å². The van der Waals surface area contributed by atoms with Gasteiger partial charge in [0.2, 0.25) is 15.9 Å². The molecule has 6 nitrogen and oxygen atoms in total. The number of nitrogens with one attached hydrogen (secondary N) is 1. The van der Waals surface area contributed by atoms with E-state index in [1.807, 2.05) is 18.2 Å². The maximum absolute atomic E-state index is 12.3. The number of carbonyl (C=O) groups is 1. The monoisotopic (exact) mass is 373 g/mol. The molecule has 2 rings (SSSR count). The van der Waals surface area contributed by atoms with Crippen LogP contribution in [0.1, 0.15) is 12.5 Å². The molecule has 0 spiro atoms. The van der Waals surface area contributed by atoms with Gasteiger partial charge in [-0.3, -0.25) is 9.69 Å². The van der Waals surface area contributed by atoms with E-state index in [9.17, 15) is 13.2 Å². The van der Waals surface area contributed by atoms with Gasteiger partial charge in [0.25, 0.3) is 0 Å². The minimum atomic E-state index is -3.35. The molecule has 8 heteroatoms. The smallest absolute Gasteiger partial charge is 0.237 e. The Hall–Kier alpha value is -1.15. The molecule has 1 heterocycles. The molecule has 24 heavy (non-hydrogen) atoms. The zero-order valence-electron chi connectivity index (χ0n) is 13.8. The van der Waals surface area contributed by atoms with Gasteiger partial charge in [0.05, 0.1) is 5.75 Å². The summed E-state index contributed by atoms with van der Waals surface area (Å²) in [6, 6.07) is 10.1. The van der Waals surface area contributed by atoms with Gasteiger partial charge in [-0.05, 0) is 12.5 Å². The summed E-state index contributed by atoms with van der Waals surface area (Å²) >= 11 is 5.63. The van der Waals surface area contributed by atoms with Crippen LogP contribution in [0.25, 0.3) is 0 Å². The molecular formula is C16H24ClN3O3S. The van der Waals surface area contributed by atoms with E-state index < -0.39 is 15.4 Å². The number of nitrogens with zero attached hydrogens (tertiary/aromatic N) is 2. The van der Waals surface area contributed by atoms with Gasteiger partial charge < -0.3 is 5.32 Å². The molecule has 134 valence electrons. The summed E-state index contributed by atoms with van der Waals surface area (Å²) in [6.07, 6.45) is 0. The standard InChI is InChI=1S/C16H24ClN3O3S/c1-14(17)16(21)18-7-12-24(22,23)20-10-8-19(9-11-20)13-15-5-3-2-4-6-15/h2-6,14H,7-13H2,1H3,(H,18,21). The van der Waals surface area contributed by atoms with E-state index in [2.05, 4.69) is 22.3 Å². The number of rotatable bonds is 7. The number of hydrogen-bond donors (Lipinski definition) is 1. The molecule has 1 amide bonds. The summed E-state index contributed by atoms with van der Waals surface area (Å²) < 4.78 is 26.2. The molecule has 0 bridgehead atoms. The fraction of sp³-hybridized carbons (Fsp3) is 0.562. The van der Waals surface area contributed by atoms with Crippen LogP contribution >= 0.6 is 11.6 Å². The summed E-state index contributed by atoms with van der Waals surface area (Å²) in [5.41, 5.74) is 1.23. The lowest BCUT2D eigenvalue weighted by Crippen LogP contribution is -2.49. The quantitative estimate of drug-likeness (QED) is 0.720. The molecule has 0 saturated carbocycles. The minimum Gasteiger partial charge on any atom is -0.354 e. The Bertz CT molecular complexity index is 629. The number of amides is 1. The molecule has 1 aromatic rings. The van der Waals surface area contributed by atoms with Crippen molar-refractivity contribution in [2.45, 2.75) is 18.8 Å². The maximum atomic E-state index is 12.3. The van der Waals surface area contributed by atoms with E-state index >= 15 is 0 Å². The van der Waals surface area contributed by atoms with E-state index in [-0.39, 0.29) is 18.2 Å². The second-order valence-corrected chi connectivity index (χ2v) is 8.63. The van der Waals surface area contributed by atoms with Crippen molar-refractivity contribution in [2.24, 2.45) is 0 Å². The summed E-state index contributed by atoms with van der Waals surface area (Å²) in [4.78, 5) is 13.6. The first-order valence-corrected chi connectivity index (χ1v) is 10.1. The number of alkyl halides is 1. The van der Waals surface area contributed by atoms with Gasteiger partial charge in [0.1, 0.15) is 5.38 Å². The largest absolute Gasteiger partial charge is 0.354 e. The van der Waals surface area contributed by atoms with Gasteiger partial charge in [-0.2, -0.15) is 4.31 Å². The van der Waals surface area contributed by atoms with Gasteiger partial charge in [-0.1, -0.05) is 30.3 Å². The topological polar surface area (TPSA) is 69.7 Å². The molecule has 1 aliphatic rings. The first kappa shape index (κ1) is 19.2. The van der Waals surface area contributed by atoms with Gasteiger partial charge in [-0.15, -0.1) is 11.6 Å². The average molecular weight is 374 g/mol. The fourth-order valence-corrected chi connectivity index (χ4v) is 4.00. The lowest BCUT2D eigenvalue weighted by atomic mass is 10.2. The van der Waals surface area contributed by atoms with Crippen molar-refractivity contribution in [2.75, 3.05) is 38.5 Å². The molecule has 1 unspecified atom stereocenters. The molecule has 1 aliphatic heterocycles. The van der Waals surface area contributed by atoms with Crippen molar-refractivity contribution in [3.05, 3.63) is 35.9 Å². The van der Waals surface area contributed by atoms with E-state index in [0.29, 0.717) is 26.2 Å². The highest BCUT2D eigenvalue weighted by molar-refractivity contribution is 7.89. The number of piperazine rings is 1. The van der Waals surface area contributed by atoms with Crippen molar-refractivity contribution in [3.8, 4) is 0 Å². The molecule has 1 fully saturated rings. The SMILES string of the molecule is CC(Cl)C(=O)NCCS(=O)(=O)N1CCN(Cc2ccccc2)CC1. The number of sulfonamides is 1. The first-order valence-electron chi connectivity index (χ1n) is 8.04. The van der Waals surface area contributed by atoms with Crippen molar-refractivity contribution >= 4 is 27.5 Å². The van der Waals surface area contributed by atoms with Crippen molar-refractivity contribution in [1.29, 1.82) is 0 Å². The molecule has 0 aromatic heterocycles. The predicted octanol–water partition coefficient (Wildman–Crippen LogP) is 0.878. The highest BCUT2D eigenvalue weighted by Crippen LogP contribution is 2.11.